The maximum absolute atomic E-state index is 11.6. The van der Waals surface area contributed by atoms with Crippen molar-refractivity contribution in [2.45, 2.75) is 24.8 Å². The highest BCUT2D eigenvalue weighted by Crippen LogP contribution is 2.38. The Kier molecular flexibility index (Phi) is 5.63. The van der Waals surface area contributed by atoms with Crippen molar-refractivity contribution in [1.82, 2.24) is 0 Å². The lowest BCUT2D eigenvalue weighted by molar-refractivity contribution is -0.120. The predicted molar refractivity (Wildman–Crippen MR) is 83.0 cm³/mol. The van der Waals surface area contributed by atoms with E-state index in [-0.39, 0.29) is 11.8 Å². The Morgan fingerprint density at radius 2 is 1.86 bits per heavy atom. The second-order valence-electron chi connectivity index (χ2n) is 5.52. The number of rotatable bonds is 6. The highest BCUT2D eigenvalue weighted by Gasteiger charge is 2.33. The Morgan fingerprint density at radius 1 is 1.23 bits per heavy atom. The first-order chi connectivity index (χ1) is 10.6. The fourth-order valence-corrected chi connectivity index (χ4v) is 3.08. The molecule has 1 aromatic rings. The second kappa shape index (κ2) is 7.47. The van der Waals surface area contributed by atoms with E-state index in [1.807, 2.05) is 18.2 Å². The van der Waals surface area contributed by atoms with Gasteiger partial charge in [0.1, 0.15) is 0 Å². The maximum Gasteiger partial charge on any atom is 0.234 e. The zero-order valence-electron chi connectivity index (χ0n) is 13.1. The molecule has 122 valence electrons. The van der Waals surface area contributed by atoms with Gasteiger partial charge in [-0.1, -0.05) is 6.07 Å². The molecular weight excluding hydrogens is 284 g/mol. The number of carbonyl (C=O) groups excluding carboxylic acids is 1. The first-order valence-corrected chi connectivity index (χ1v) is 7.43. The molecular formula is C16H24N2O4. The second-order valence-corrected chi connectivity index (χ2v) is 5.52. The molecule has 1 heterocycles. The number of carbonyl (C=O) groups is 1. The quantitative estimate of drug-likeness (QED) is 0.818. The molecule has 6 nitrogen and oxygen atoms in total. The number of primary amides is 1. The summed E-state index contributed by atoms with van der Waals surface area (Å²) in [4.78, 5) is 11.6. The van der Waals surface area contributed by atoms with Crippen LogP contribution in [0.1, 0.15) is 24.3 Å². The smallest absolute Gasteiger partial charge is 0.234 e. The molecule has 2 rings (SSSR count). The number of hydrogen-bond acceptors (Lipinski definition) is 5. The van der Waals surface area contributed by atoms with Gasteiger partial charge < -0.3 is 25.7 Å². The summed E-state index contributed by atoms with van der Waals surface area (Å²) in [6.45, 7) is 1.36. The van der Waals surface area contributed by atoms with Crippen molar-refractivity contribution in [3.8, 4) is 11.5 Å². The number of ether oxygens (including phenoxy) is 3. The largest absolute Gasteiger partial charge is 0.493 e. The summed E-state index contributed by atoms with van der Waals surface area (Å²) >= 11 is 0. The lowest BCUT2D eigenvalue weighted by Gasteiger charge is -2.33. The van der Waals surface area contributed by atoms with Crippen LogP contribution in [-0.2, 0) is 9.53 Å². The lowest BCUT2D eigenvalue weighted by atomic mass is 9.76. The van der Waals surface area contributed by atoms with E-state index in [1.54, 1.807) is 14.2 Å². The average Bonchev–Trinajstić information content (AvgIpc) is 2.55. The Labute approximate surface area is 130 Å². The van der Waals surface area contributed by atoms with Crippen LogP contribution in [0.25, 0.3) is 0 Å². The van der Waals surface area contributed by atoms with Crippen LogP contribution in [-0.4, -0.2) is 39.4 Å². The average molecular weight is 308 g/mol. The maximum atomic E-state index is 11.6. The van der Waals surface area contributed by atoms with Crippen LogP contribution < -0.4 is 20.9 Å². The molecule has 1 saturated heterocycles. The van der Waals surface area contributed by atoms with E-state index in [0.29, 0.717) is 24.7 Å². The Morgan fingerprint density at radius 3 is 2.41 bits per heavy atom. The van der Waals surface area contributed by atoms with Gasteiger partial charge in [0.15, 0.2) is 11.5 Å². The third-order valence-corrected chi connectivity index (χ3v) is 4.28. The van der Waals surface area contributed by atoms with Gasteiger partial charge in [0, 0.05) is 19.1 Å². The van der Waals surface area contributed by atoms with Crippen LogP contribution in [0.4, 0.5) is 0 Å². The van der Waals surface area contributed by atoms with E-state index in [9.17, 15) is 4.79 Å². The first kappa shape index (κ1) is 16.6. The predicted octanol–water partition coefficient (Wildman–Crippen LogP) is 1.03. The molecule has 6 heteroatoms. The molecule has 1 aliphatic rings. The summed E-state index contributed by atoms with van der Waals surface area (Å²) in [5, 5.41) is 0. The third kappa shape index (κ3) is 3.51. The Balaban J connectivity index is 2.37. The van der Waals surface area contributed by atoms with Gasteiger partial charge in [0.25, 0.3) is 0 Å². The Bertz CT molecular complexity index is 515. The molecule has 0 aliphatic carbocycles. The number of hydrogen-bond donors (Lipinski definition) is 2. The molecule has 0 radical (unpaired) electrons. The van der Waals surface area contributed by atoms with E-state index in [4.69, 9.17) is 25.7 Å². The van der Waals surface area contributed by atoms with E-state index >= 15 is 0 Å². The van der Waals surface area contributed by atoms with Crippen molar-refractivity contribution < 1.29 is 19.0 Å². The minimum atomic E-state index is -0.735. The lowest BCUT2D eigenvalue weighted by Crippen LogP contribution is -2.45. The molecule has 0 bridgehead atoms. The van der Waals surface area contributed by atoms with Crippen molar-refractivity contribution in [2.24, 2.45) is 17.4 Å². The van der Waals surface area contributed by atoms with Crippen LogP contribution in [0.15, 0.2) is 18.2 Å². The topological polar surface area (TPSA) is 96.8 Å². The van der Waals surface area contributed by atoms with Gasteiger partial charge in [-0.05, 0) is 36.5 Å². The fourth-order valence-electron chi connectivity index (χ4n) is 3.08. The molecule has 4 N–H and O–H groups in total. The van der Waals surface area contributed by atoms with Crippen LogP contribution >= 0.6 is 0 Å². The van der Waals surface area contributed by atoms with Crippen molar-refractivity contribution in [2.75, 3.05) is 27.4 Å². The summed E-state index contributed by atoms with van der Waals surface area (Å²) in [7, 11) is 3.17. The summed E-state index contributed by atoms with van der Waals surface area (Å²) < 4.78 is 16.0. The standard InChI is InChI=1S/C16H24N2O4/c1-20-12-4-3-11(9-13(12)21-2)14(15(17)16(18)19)10-5-7-22-8-6-10/h3-4,9-10,14-15H,5-8,17H2,1-2H3,(H2,18,19). The van der Waals surface area contributed by atoms with E-state index in [0.717, 1.165) is 18.4 Å². The fraction of sp³-hybridized carbons (Fsp3) is 0.562. The molecule has 1 aromatic carbocycles. The SMILES string of the molecule is COc1ccc(C(C2CCOCC2)C(N)C(N)=O)cc1OC. The molecule has 0 aromatic heterocycles. The first-order valence-electron chi connectivity index (χ1n) is 7.43. The summed E-state index contributed by atoms with van der Waals surface area (Å²) in [5.41, 5.74) is 12.5. The minimum absolute atomic E-state index is 0.152. The zero-order chi connectivity index (χ0) is 16.1. The highest BCUT2D eigenvalue weighted by molar-refractivity contribution is 5.81. The van der Waals surface area contributed by atoms with Gasteiger partial charge in [0.05, 0.1) is 20.3 Å². The summed E-state index contributed by atoms with van der Waals surface area (Å²) in [6.07, 6.45) is 1.72. The van der Waals surface area contributed by atoms with Gasteiger partial charge in [-0.25, -0.2) is 0 Å². The number of nitrogens with two attached hydrogens (primary N) is 2. The monoisotopic (exact) mass is 308 g/mol. The number of benzene rings is 1. The summed E-state index contributed by atoms with van der Waals surface area (Å²) in [5.74, 6) is 0.875. The number of amides is 1. The zero-order valence-corrected chi connectivity index (χ0v) is 13.1. The molecule has 22 heavy (non-hydrogen) atoms. The molecule has 2 atom stereocenters. The Hall–Kier alpha value is -1.79. The van der Waals surface area contributed by atoms with Crippen molar-refractivity contribution in [1.29, 1.82) is 0 Å². The van der Waals surface area contributed by atoms with E-state index < -0.39 is 11.9 Å². The van der Waals surface area contributed by atoms with Crippen molar-refractivity contribution in [3.63, 3.8) is 0 Å². The molecule has 1 amide bonds. The van der Waals surface area contributed by atoms with Crippen LogP contribution in [0.2, 0.25) is 0 Å². The van der Waals surface area contributed by atoms with Crippen LogP contribution in [0.5, 0.6) is 11.5 Å². The molecule has 1 fully saturated rings. The van der Waals surface area contributed by atoms with Gasteiger partial charge >= 0.3 is 0 Å². The molecule has 0 spiro atoms. The van der Waals surface area contributed by atoms with E-state index in [2.05, 4.69) is 0 Å². The van der Waals surface area contributed by atoms with Crippen molar-refractivity contribution >= 4 is 5.91 Å². The van der Waals surface area contributed by atoms with Crippen LogP contribution in [0.3, 0.4) is 0 Å². The highest BCUT2D eigenvalue weighted by atomic mass is 16.5. The molecule has 2 unspecified atom stereocenters. The normalized spacial score (nSPS) is 18.5. The van der Waals surface area contributed by atoms with Crippen molar-refractivity contribution in [3.05, 3.63) is 23.8 Å². The van der Waals surface area contributed by atoms with Crippen LogP contribution in [0, 0.1) is 5.92 Å². The van der Waals surface area contributed by atoms with Gasteiger partial charge in [0.2, 0.25) is 5.91 Å². The third-order valence-electron chi connectivity index (χ3n) is 4.28. The van der Waals surface area contributed by atoms with Gasteiger partial charge in [-0.3, -0.25) is 4.79 Å². The minimum Gasteiger partial charge on any atom is -0.493 e. The van der Waals surface area contributed by atoms with Gasteiger partial charge in [-0.15, -0.1) is 0 Å². The molecule has 0 saturated carbocycles. The van der Waals surface area contributed by atoms with Gasteiger partial charge in [-0.2, -0.15) is 0 Å². The molecule has 1 aliphatic heterocycles. The number of methoxy groups -OCH3 is 2. The van der Waals surface area contributed by atoms with E-state index in [1.165, 1.54) is 0 Å². The summed E-state index contributed by atoms with van der Waals surface area (Å²) in [6, 6.07) is 4.89.